The lowest BCUT2D eigenvalue weighted by Crippen LogP contribution is -2.46. The molecule has 2 amide bonds. The molecule has 0 aliphatic carbocycles. The normalized spacial score (nSPS) is 23.1. The Bertz CT molecular complexity index is 301. The molecular weight excluding hydrogens is 256 g/mol. The molecule has 0 aromatic rings. The van der Waals surface area contributed by atoms with E-state index >= 15 is 0 Å². The summed E-state index contributed by atoms with van der Waals surface area (Å²) in [6.45, 7) is 0.905. The number of carboxylic acids is 1. The van der Waals surface area contributed by atoms with E-state index in [2.05, 4.69) is 5.32 Å². The predicted octanol–water partition coefficient (Wildman–Crippen LogP) is 0.623. The average Bonchev–Trinajstić information content (AvgIpc) is 2.78. The summed E-state index contributed by atoms with van der Waals surface area (Å²) in [5.41, 5.74) is 0. The Morgan fingerprint density at radius 3 is 2.83 bits per heavy atom. The van der Waals surface area contributed by atoms with Crippen molar-refractivity contribution in [2.45, 2.75) is 25.0 Å². The maximum atomic E-state index is 11.9. The minimum Gasteiger partial charge on any atom is -0.480 e. The molecule has 1 aliphatic heterocycles. The average molecular weight is 276 g/mol. The van der Waals surface area contributed by atoms with Crippen LogP contribution in [0.2, 0.25) is 0 Å². The topological polar surface area (TPSA) is 78.9 Å². The van der Waals surface area contributed by atoms with E-state index in [0.29, 0.717) is 19.5 Å². The molecule has 6 nitrogen and oxygen atoms in total. The van der Waals surface area contributed by atoms with Crippen molar-refractivity contribution in [2.24, 2.45) is 0 Å². The minimum atomic E-state index is -0.978. The van der Waals surface area contributed by atoms with E-state index in [-0.39, 0.29) is 12.1 Å². The zero-order chi connectivity index (χ0) is 13.5. The molecule has 2 unspecified atom stereocenters. The van der Waals surface area contributed by atoms with Gasteiger partial charge in [0.15, 0.2) is 0 Å². The monoisotopic (exact) mass is 276 g/mol. The standard InChI is InChI=1S/C11H20N2O4S/c1-17-8-6-9(10(14)15)13(7-8)11(16)12-4-3-5-18-2/h8-9H,3-7H2,1-2H3,(H,12,16)(H,14,15). The van der Waals surface area contributed by atoms with Crippen molar-refractivity contribution in [1.82, 2.24) is 10.2 Å². The van der Waals surface area contributed by atoms with Crippen LogP contribution in [0.5, 0.6) is 0 Å². The molecule has 7 heteroatoms. The van der Waals surface area contributed by atoms with Gasteiger partial charge < -0.3 is 20.1 Å². The Labute approximate surface area is 111 Å². The molecule has 2 atom stereocenters. The predicted molar refractivity (Wildman–Crippen MR) is 69.9 cm³/mol. The van der Waals surface area contributed by atoms with Crippen molar-refractivity contribution in [1.29, 1.82) is 0 Å². The Balaban J connectivity index is 2.46. The highest BCUT2D eigenvalue weighted by atomic mass is 32.2. The third kappa shape index (κ3) is 4.06. The number of likely N-dealkylation sites (tertiary alicyclic amines) is 1. The molecule has 0 saturated carbocycles. The number of aliphatic carboxylic acids is 1. The summed E-state index contributed by atoms with van der Waals surface area (Å²) < 4.78 is 5.13. The summed E-state index contributed by atoms with van der Waals surface area (Å²) in [7, 11) is 1.53. The number of carbonyl (C=O) groups excluding carboxylic acids is 1. The Morgan fingerprint density at radius 2 is 2.28 bits per heavy atom. The number of nitrogens with zero attached hydrogens (tertiary/aromatic N) is 1. The van der Waals surface area contributed by atoms with Gasteiger partial charge in [-0.2, -0.15) is 11.8 Å². The second kappa shape index (κ2) is 7.48. The summed E-state index contributed by atoms with van der Waals surface area (Å²) in [5.74, 6) is -0.00242. The van der Waals surface area contributed by atoms with Crippen molar-refractivity contribution in [3.05, 3.63) is 0 Å². The second-order valence-corrected chi connectivity index (χ2v) is 5.16. The Hall–Kier alpha value is -0.950. The molecule has 0 aromatic carbocycles. The Kier molecular flexibility index (Phi) is 6.28. The van der Waals surface area contributed by atoms with Gasteiger partial charge >= 0.3 is 12.0 Å². The molecule has 0 bridgehead atoms. The van der Waals surface area contributed by atoms with Crippen LogP contribution < -0.4 is 5.32 Å². The molecule has 1 rings (SSSR count). The van der Waals surface area contributed by atoms with Gasteiger partial charge in [-0.05, 0) is 18.4 Å². The maximum absolute atomic E-state index is 11.9. The molecule has 0 radical (unpaired) electrons. The fraction of sp³-hybridized carbons (Fsp3) is 0.818. The first kappa shape index (κ1) is 15.1. The van der Waals surface area contributed by atoms with Gasteiger partial charge in [0.25, 0.3) is 0 Å². The molecule has 1 fully saturated rings. The number of urea groups is 1. The van der Waals surface area contributed by atoms with Crippen molar-refractivity contribution < 1.29 is 19.4 Å². The highest BCUT2D eigenvalue weighted by molar-refractivity contribution is 7.98. The number of methoxy groups -OCH3 is 1. The number of amides is 2. The van der Waals surface area contributed by atoms with Crippen LogP contribution in [0.3, 0.4) is 0 Å². The zero-order valence-electron chi connectivity index (χ0n) is 10.7. The second-order valence-electron chi connectivity index (χ2n) is 4.18. The van der Waals surface area contributed by atoms with Crippen LogP contribution in [0.1, 0.15) is 12.8 Å². The van der Waals surface area contributed by atoms with E-state index in [0.717, 1.165) is 12.2 Å². The van der Waals surface area contributed by atoms with Gasteiger partial charge in [0.05, 0.1) is 6.10 Å². The van der Waals surface area contributed by atoms with E-state index in [9.17, 15) is 9.59 Å². The van der Waals surface area contributed by atoms with Gasteiger partial charge in [-0.1, -0.05) is 0 Å². The summed E-state index contributed by atoms with van der Waals surface area (Å²) in [4.78, 5) is 24.3. The zero-order valence-corrected chi connectivity index (χ0v) is 11.5. The van der Waals surface area contributed by atoms with E-state index in [4.69, 9.17) is 9.84 Å². The van der Waals surface area contributed by atoms with Gasteiger partial charge in [-0.15, -0.1) is 0 Å². The fourth-order valence-corrected chi connectivity index (χ4v) is 2.37. The maximum Gasteiger partial charge on any atom is 0.326 e. The first-order valence-electron chi connectivity index (χ1n) is 5.89. The van der Waals surface area contributed by atoms with Crippen LogP contribution in [-0.2, 0) is 9.53 Å². The van der Waals surface area contributed by atoms with Gasteiger partial charge in [-0.25, -0.2) is 9.59 Å². The fourth-order valence-electron chi connectivity index (χ4n) is 1.94. The molecule has 2 N–H and O–H groups in total. The lowest BCUT2D eigenvalue weighted by atomic mass is 10.2. The number of hydrogen-bond donors (Lipinski definition) is 2. The number of carboxylic acid groups (broad SMARTS) is 1. The number of thioether (sulfide) groups is 1. The molecular formula is C11H20N2O4S. The number of ether oxygens (including phenoxy) is 1. The van der Waals surface area contributed by atoms with E-state index in [1.54, 1.807) is 11.8 Å². The minimum absolute atomic E-state index is 0.192. The quantitative estimate of drug-likeness (QED) is 0.695. The molecule has 104 valence electrons. The summed E-state index contributed by atoms with van der Waals surface area (Å²) in [6, 6.07) is -1.10. The molecule has 1 heterocycles. The van der Waals surface area contributed by atoms with Crippen molar-refractivity contribution >= 4 is 23.8 Å². The molecule has 1 saturated heterocycles. The molecule has 18 heavy (non-hydrogen) atoms. The Morgan fingerprint density at radius 1 is 1.56 bits per heavy atom. The molecule has 0 aromatic heterocycles. The summed E-state index contributed by atoms with van der Waals surface area (Å²) >= 11 is 1.72. The first-order chi connectivity index (χ1) is 8.60. The summed E-state index contributed by atoms with van der Waals surface area (Å²) in [5, 5.41) is 11.8. The van der Waals surface area contributed by atoms with Gasteiger partial charge in [0, 0.05) is 26.6 Å². The third-order valence-electron chi connectivity index (χ3n) is 2.94. The van der Waals surface area contributed by atoms with Crippen molar-refractivity contribution in [3.63, 3.8) is 0 Å². The number of rotatable bonds is 6. The molecule has 0 spiro atoms. The van der Waals surface area contributed by atoms with E-state index in [1.807, 2.05) is 6.26 Å². The van der Waals surface area contributed by atoms with Crippen LogP contribution in [0.4, 0.5) is 4.79 Å². The third-order valence-corrected chi connectivity index (χ3v) is 3.64. The van der Waals surface area contributed by atoms with Crippen LogP contribution in [0, 0.1) is 0 Å². The lowest BCUT2D eigenvalue weighted by molar-refractivity contribution is -0.141. The van der Waals surface area contributed by atoms with Crippen LogP contribution >= 0.6 is 11.8 Å². The van der Waals surface area contributed by atoms with Crippen LogP contribution in [0.25, 0.3) is 0 Å². The molecule has 1 aliphatic rings. The van der Waals surface area contributed by atoms with Gasteiger partial charge in [0.2, 0.25) is 0 Å². The number of nitrogens with one attached hydrogen (secondary N) is 1. The number of hydrogen-bond acceptors (Lipinski definition) is 4. The number of carbonyl (C=O) groups is 2. The highest BCUT2D eigenvalue weighted by Gasteiger charge is 2.39. The van der Waals surface area contributed by atoms with Crippen molar-refractivity contribution in [2.75, 3.05) is 32.2 Å². The SMILES string of the molecule is COC1CC(C(=O)O)N(C(=O)NCCCSC)C1. The van der Waals surface area contributed by atoms with Gasteiger partial charge in [0.1, 0.15) is 6.04 Å². The van der Waals surface area contributed by atoms with E-state index in [1.165, 1.54) is 12.0 Å². The smallest absolute Gasteiger partial charge is 0.326 e. The lowest BCUT2D eigenvalue weighted by Gasteiger charge is -2.21. The van der Waals surface area contributed by atoms with Crippen LogP contribution in [0.15, 0.2) is 0 Å². The largest absolute Gasteiger partial charge is 0.480 e. The van der Waals surface area contributed by atoms with Gasteiger partial charge in [-0.3, -0.25) is 0 Å². The van der Waals surface area contributed by atoms with E-state index < -0.39 is 12.0 Å². The van der Waals surface area contributed by atoms with Crippen molar-refractivity contribution in [3.8, 4) is 0 Å². The highest BCUT2D eigenvalue weighted by Crippen LogP contribution is 2.20. The van der Waals surface area contributed by atoms with Crippen LogP contribution in [-0.4, -0.2) is 66.4 Å². The summed E-state index contributed by atoms with van der Waals surface area (Å²) in [6.07, 6.45) is 3.05. The first-order valence-corrected chi connectivity index (χ1v) is 7.28.